The minimum absolute atomic E-state index is 0.0607. The smallest absolute Gasteiger partial charge is 0.310 e. The molecular formula is C17H23ClN2O3. The molecule has 0 aliphatic carbocycles. The van der Waals surface area contributed by atoms with Gasteiger partial charge in [0.05, 0.1) is 19.1 Å². The van der Waals surface area contributed by atoms with Crippen LogP contribution in [0.3, 0.4) is 0 Å². The summed E-state index contributed by atoms with van der Waals surface area (Å²) in [5, 5.41) is 3.52. The molecule has 0 aromatic heterocycles. The minimum atomic E-state index is -0.159. The third-order valence-corrected chi connectivity index (χ3v) is 4.30. The summed E-state index contributed by atoms with van der Waals surface area (Å²) in [7, 11) is 0. The van der Waals surface area contributed by atoms with E-state index in [-0.39, 0.29) is 17.8 Å². The first kappa shape index (κ1) is 17.8. The molecule has 2 rings (SSSR count). The van der Waals surface area contributed by atoms with Crippen molar-refractivity contribution in [2.24, 2.45) is 5.92 Å². The van der Waals surface area contributed by atoms with Crippen molar-refractivity contribution in [1.82, 2.24) is 10.2 Å². The van der Waals surface area contributed by atoms with Crippen LogP contribution in [-0.2, 0) is 20.9 Å². The van der Waals surface area contributed by atoms with Crippen LogP contribution in [0.25, 0.3) is 0 Å². The van der Waals surface area contributed by atoms with Crippen LogP contribution in [0.1, 0.15) is 25.3 Å². The van der Waals surface area contributed by atoms with Gasteiger partial charge in [0, 0.05) is 18.1 Å². The Kier molecular flexibility index (Phi) is 6.86. The number of carbonyl (C=O) groups excluding carboxylic acids is 2. The van der Waals surface area contributed by atoms with Crippen molar-refractivity contribution in [2.45, 2.75) is 26.3 Å². The van der Waals surface area contributed by atoms with Gasteiger partial charge in [-0.15, -0.1) is 0 Å². The van der Waals surface area contributed by atoms with Gasteiger partial charge in [0.1, 0.15) is 0 Å². The number of halogens is 1. The molecule has 0 radical (unpaired) electrons. The molecule has 1 fully saturated rings. The van der Waals surface area contributed by atoms with Gasteiger partial charge in [-0.1, -0.05) is 29.8 Å². The standard InChI is InChI=1S/C17H23ClN2O3/c1-2-23-17(22)14-7-5-9-20(11-14)12-16(21)19-10-13-6-3-4-8-15(13)18/h3-4,6,8,14H,2,5,7,9-12H2,1H3,(H,19,21)/t14-/m1/s1. The number of carbonyl (C=O) groups is 2. The lowest BCUT2D eigenvalue weighted by Crippen LogP contribution is -2.44. The average molecular weight is 339 g/mol. The van der Waals surface area contributed by atoms with E-state index in [0.717, 1.165) is 24.9 Å². The van der Waals surface area contributed by atoms with E-state index in [0.29, 0.717) is 31.3 Å². The van der Waals surface area contributed by atoms with Crippen molar-refractivity contribution < 1.29 is 14.3 Å². The van der Waals surface area contributed by atoms with Crippen molar-refractivity contribution in [3.05, 3.63) is 34.9 Å². The third-order valence-electron chi connectivity index (χ3n) is 3.93. The molecule has 1 saturated heterocycles. The van der Waals surface area contributed by atoms with Gasteiger partial charge in [0.15, 0.2) is 0 Å². The summed E-state index contributed by atoms with van der Waals surface area (Å²) in [6, 6.07) is 7.44. The fourth-order valence-electron chi connectivity index (χ4n) is 2.75. The Bertz CT molecular complexity index is 550. The maximum Gasteiger partial charge on any atom is 0.310 e. The number of amides is 1. The summed E-state index contributed by atoms with van der Waals surface area (Å²) in [6.07, 6.45) is 1.73. The number of likely N-dealkylation sites (tertiary alicyclic amines) is 1. The highest BCUT2D eigenvalue weighted by Crippen LogP contribution is 2.18. The number of nitrogens with zero attached hydrogens (tertiary/aromatic N) is 1. The predicted molar refractivity (Wildman–Crippen MR) is 89.1 cm³/mol. The first-order valence-electron chi connectivity index (χ1n) is 7.99. The number of hydrogen-bond acceptors (Lipinski definition) is 4. The molecule has 1 heterocycles. The van der Waals surface area contributed by atoms with E-state index in [1.54, 1.807) is 13.0 Å². The van der Waals surface area contributed by atoms with Crippen LogP contribution in [0.2, 0.25) is 5.02 Å². The molecule has 0 unspecified atom stereocenters. The molecule has 1 amide bonds. The van der Waals surface area contributed by atoms with Crippen LogP contribution in [0, 0.1) is 5.92 Å². The monoisotopic (exact) mass is 338 g/mol. The first-order valence-corrected chi connectivity index (χ1v) is 8.37. The molecule has 126 valence electrons. The van der Waals surface area contributed by atoms with Crippen molar-refractivity contribution in [1.29, 1.82) is 0 Å². The normalized spacial score (nSPS) is 18.4. The Labute approximate surface area is 141 Å². The molecule has 0 bridgehead atoms. The van der Waals surface area contributed by atoms with Crippen molar-refractivity contribution in [3.63, 3.8) is 0 Å². The lowest BCUT2D eigenvalue weighted by molar-refractivity contribution is -0.150. The average Bonchev–Trinajstić information content (AvgIpc) is 2.54. The highest BCUT2D eigenvalue weighted by molar-refractivity contribution is 6.31. The first-order chi connectivity index (χ1) is 11.1. The minimum Gasteiger partial charge on any atom is -0.466 e. The van der Waals surface area contributed by atoms with Crippen LogP contribution in [0.15, 0.2) is 24.3 Å². The van der Waals surface area contributed by atoms with Crippen LogP contribution in [0.4, 0.5) is 0 Å². The Morgan fingerprint density at radius 1 is 1.39 bits per heavy atom. The Hall–Kier alpha value is -1.59. The summed E-state index contributed by atoms with van der Waals surface area (Å²) in [6.45, 7) is 4.32. The maximum atomic E-state index is 12.1. The lowest BCUT2D eigenvalue weighted by Gasteiger charge is -2.30. The molecular weight excluding hydrogens is 316 g/mol. The van der Waals surface area contributed by atoms with E-state index in [4.69, 9.17) is 16.3 Å². The molecule has 1 aliphatic heterocycles. The van der Waals surface area contributed by atoms with Gasteiger partial charge < -0.3 is 10.1 Å². The number of benzene rings is 1. The SMILES string of the molecule is CCOC(=O)[C@@H]1CCCN(CC(=O)NCc2ccccc2Cl)C1. The van der Waals surface area contributed by atoms with Gasteiger partial charge in [-0.05, 0) is 37.9 Å². The summed E-state index contributed by atoms with van der Waals surface area (Å²) < 4.78 is 5.07. The number of piperidine rings is 1. The number of esters is 1. The maximum absolute atomic E-state index is 12.1. The quantitative estimate of drug-likeness (QED) is 0.808. The third kappa shape index (κ3) is 5.52. The van der Waals surface area contributed by atoms with Crippen LogP contribution in [-0.4, -0.2) is 43.0 Å². The lowest BCUT2D eigenvalue weighted by atomic mass is 9.98. The van der Waals surface area contributed by atoms with E-state index < -0.39 is 0 Å². The van der Waals surface area contributed by atoms with Crippen molar-refractivity contribution in [3.8, 4) is 0 Å². The zero-order valence-corrected chi connectivity index (χ0v) is 14.1. The van der Waals surface area contributed by atoms with E-state index >= 15 is 0 Å². The fraction of sp³-hybridized carbons (Fsp3) is 0.529. The highest BCUT2D eigenvalue weighted by atomic mass is 35.5. The van der Waals surface area contributed by atoms with Gasteiger partial charge in [-0.3, -0.25) is 14.5 Å². The molecule has 1 N–H and O–H groups in total. The molecule has 1 aromatic carbocycles. The summed E-state index contributed by atoms with van der Waals surface area (Å²) in [4.78, 5) is 25.9. The van der Waals surface area contributed by atoms with E-state index in [2.05, 4.69) is 5.32 Å². The predicted octanol–water partition coefficient (Wildman–Crippen LogP) is 2.23. The van der Waals surface area contributed by atoms with E-state index in [9.17, 15) is 9.59 Å². The molecule has 1 atom stereocenters. The Morgan fingerprint density at radius 2 is 2.17 bits per heavy atom. The number of rotatable bonds is 6. The molecule has 6 heteroatoms. The van der Waals surface area contributed by atoms with Crippen LogP contribution < -0.4 is 5.32 Å². The highest BCUT2D eigenvalue weighted by Gasteiger charge is 2.27. The van der Waals surface area contributed by atoms with Crippen molar-refractivity contribution >= 4 is 23.5 Å². The molecule has 1 aliphatic rings. The number of hydrogen-bond donors (Lipinski definition) is 1. The fourth-order valence-corrected chi connectivity index (χ4v) is 2.95. The Balaban J connectivity index is 1.78. The molecule has 0 saturated carbocycles. The van der Waals surface area contributed by atoms with E-state index in [1.807, 2.05) is 23.1 Å². The van der Waals surface area contributed by atoms with Gasteiger partial charge >= 0.3 is 5.97 Å². The van der Waals surface area contributed by atoms with Crippen LogP contribution in [0.5, 0.6) is 0 Å². The van der Waals surface area contributed by atoms with E-state index in [1.165, 1.54) is 0 Å². The second kappa shape index (κ2) is 8.89. The number of nitrogens with one attached hydrogen (secondary N) is 1. The summed E-state index contributed by atoms with van der Waals surface area (Å²) in [5.74, 6) is -0.344. The van der Waals surface area contributed by atoms with Gasteiger partial charge in [0.2, 0.25) is 5.91 Å². The molecule has 5 nitrogen and oxygen atoms in total. The van der Waals surface area contributed by atoms with Crippen molar-refractivity contribution in [2.75, 3.05) is 26.2 Å². The van der Waals surface area contributed by atoms with Gasteiger partial charge in [0.25, 0.3) is 0 Å². The van der Waals surface area contributed by atoms with Gasteiger partial charge in [-0.25, -0.2) is 0 Å². The molecule has 1 aromatic rings. The largest absolute Gasteiger partial charge is 0.466 e. The van der Waals surface area contributed by atoms with Crippen LogP contribution >= 0.6 is 11.6 Å². The number of ether oxygens (including phenoxy) is 1. The second-order valence-corrected chi connectivity index (χ2v) is 6.10. The van der Waals surface area contributed by atoms with Gasteiger partial charge in [-0.2, -0.15) is 0 Å². The molecule has 23 heavy (non-hydrogen) atoms. The topological polar surface area (TPSA) is 58.6 Å². The zero-order valence-electron chi connectivity index (χ0n) is 13.4. The summed E-state index contributed by atoms with van der Waals surface area (Å²) in [5.41, 5.74) is 0.894. The molecule has 0 spiro atoms. The zero-order chi connectivity index (χ0) is 16.7. The Morgan fingerprint density at radius 3 is 2.91 bits per heavy atom. The second-order valence-electron chi connectivity index (χ2n) is 5.69. The summed E-state index contributed by atoms with van der Waals surface area (Å²) >= 11 is 6.07.